The number of nitrogens with zero attached hydrogens (tertiary/aromatic N) is 2. The SMILES string of the molecule is CCOc1ccc([C@H]2C(C(=O)OC)=CN=c3s/c(=C\c4ccc(Cl)cc4)c(=O)n32)cc1OCC. The molecule has 2 heterocycles. The van der Waals surface area contributed by atoms with Crippen LogP contribution in [0.4, 0.5) is 0 Å². The first-order valence-corrected chi connectivity index (χ1v) is 11.9. The molecule has 7 nitrogen and oxygen atoms in total. The number of carbonyl (C=O) groups excluding carboxylic acids is 1. The van der Waals surface area contributed by atoms with Crippen LogP contribution in [0.5, 0.6) is 11.5 Å². The summed E-state index contributed by atoms with van der Waals surface area (Å²) in [6, 6.07) is 11.8. The molecule has 0 unspecified atom stereocenters. The van der Waals surface area contributed by atoms with E-state index < -0.39 is 12.0 Å². The Morgan fingerprint density at radius 3 is 2.50 bits per heavy atom. The van der Waals surface area contributed by atoms with Crippen LogP contribution >= 0.6 is 22.9 Å². The monoisotopic (exact) mass is 498 g/mol. The average molecular weight is 499 g/mol. The summed E-state index contributed by atoms with van der Waals surface area (Å²) >= 11 is 7.23. The van der Waals surface area contributed by atoms with Crippen LogP contribution in [-0.4, -0.2) is 30.9 Å². The lowest BCUT2D eigenvalue weighted by atomic mass is 9.97. The lowest BCUT2D eigenvalue weighted by molar-refractivity contribution is -0.136. The molecule has 4 rings (SSSR count). The van der Waals surface area contributed by atoms with Gasteiger partial charge in [-0.3, -0.25) is 9.36 Å². The molecular formula is C25H23ClN2O5S. The summed E-state index contributed by atoms with van der Waals surface area (Å²) < 4.78 is 18.4. The Labute approximate surface area is 205 Å². The van der Waals surface area contributed by atoms with Crippen molar-refractivity contribution in [3.8, 4) is 11.5 Å². The molecule has 0 bridgehead atoms. The van der Waals surface area contributed by atoms with Crippen LogP contribution in [0, 0.1) is 0 Å². The molecular weight excluding hydrogens is 476 g/mol. The van der Waals surface area contributed by atoms with Crippen LogP contribution < -0.4 is 24.4 Å². The highest BCUT2D eigenvalue weighted by atomic mass is 35.5. The maximum atomic E-state index is 13.5. The van der Waals surface area contributed by atoms with Crippen molar-refractivity contribution >= 4 is 35.0 Å². The number of benzene rings is 2. The Morgan fingerprint density at radius 1 is 1.12 bits per heavy atom. The van der Waals surface area contributed by atoms with Crippen molar-refractivity contribution in [2.24, 2.45) is 4.99 Å². The van der Waals surface area contributed by atoms with E-state index in [0.717, 1.165) is 5.56 Å². The van der Waals surface area contributed by atoms with Crippen molar-refractivity contribution in [3.63, 3.8) is 0 Å². The number of ether oxygens (including phenoxy) is 3. The molecule has 0 aliphatic carbocycles. The smallest absolute Gasteiger partial charge is 0.337 e. The van der Waals surface area contributed by atoms with Crippen molar-refractivity contribution in [2.75, 3.05) is 20.3 Å². The summed E-state index contributed by atoms with van der Waals surface area (Å²) in [5, 5.41) is 0.613. The Bertz CT molecular complexity index is 1420. The molecule has 0 amide bonds. The van der Waals surface area contributed by atoms with Crippen molar-refractivity contribution in [1.82, 2.24) is 4.57 Å². The Hall–Kier alpha value is -3.36. The first-order valence-electron chi connectivity index (χ1n) is 10.7. The maximum Gasteiger partial charge on any atom is 0.337 e. The van der Waals surface area contributed by atoms with E-state index in [2.05, 4.69) is 4.99 Å². The van der Waals surface area contributed by atoms with Gasteiger partial charge in [0.2, 0.25) is 0 Å². The zero-order valence-electron chi connectivity index (χ0n) is 18.9. The van der Waals surface area contributed by atoms with E-state index in [0.29, 0.717) is 44.6 Å². The molecule has 9 heteroatoms. The van der Waals surface area contributed by atoms with Gasteiger partial charge >= 0.3 is 5.97 Å². The number of aromatic nitrogens is 1. The van der Waals surface area contributed by atoms with E-state index in [-0.39, 0.29) is 11.1 Å². The average Bonchev–Trinajstić information content (AvgIpc) is 3.16. The van der Waals surface area contributed by atoms with Gasteiger partial charge in [0.25, 0.3) is 5.56 Å². The Morgan fingerprint density at radius 2 is 1.82 bits per heavy atom. The summed E-state index contributed by atoms with van der Waals surface area (Å²) in [4.78, 5) is 31.0. The van der Waals surface area contributed by atoms with Gasteiger partial charge in [-0.1, -0.05) is 41.1 Å². The highest BCUT2D eigenvalue weighted by molar-refractivity contribution is 7.07. The van der Waals surface area contributed by atoms with Crippen molar-refractivity contribution in [3.05, 3.63) is 90.1 Å². The lowest BCUT2D eigenvalue weighted by Gasteiger charge is -2.23. The minimum atomic E-state index is -0.731. The largest absolute Gasteiger partial charge is 0.490 e. The molecule has 0 saturated carbocycles. The normalized spacial score (nSPS) is 15.2. The summed E-state index contributed by atoms with van der Waals surface area (Å²) in [6.07, 6.45) is 3.24. The van der Waals surface area contributed by atoms with Crippen LogP contribution in [0.2, 0.25) is 5.02 Å². The predicted molar refractivity (Wildman–Crippen MR) is 131 cm³/mol. The molecule has 0 saturated heterocycles. The van der Waals surface area contributed by atoms with Gasteiger partial charge in [0, 0.05) is 11.2 Å². The van der Waals surface area contributed by atoms with Crippen LogP contribution in [-0.2, 0) is 9.53 Å². The van der Waals surface area contributed by atoms with Crippen LogP contribution in [0.15, 0.2) is 64.0 Å². The van der Waals surface area contributed by atoms with Gasteiger partial charge in [-0.15, -0.1) is 0 Å². The van der Waals surface area contributed by atoms with Gasteiger partial charge in [-0.2, -0.15) is 0 Å². The predicted octanol–water partition coefficient (Wildman–Crippen LogP) is 3.47. The zero-order valence-corrected chi connectivity index (χ0v) is 20.5. The second-order valence-corrected chi connectivity index (χ2v) is 8.75. The zero-order chi connectivity index (χ0) is 24.2. The van der Waals surface area contributed by atoms with Crippen LogP contribution in [0.3, 0.4) is 0 Å². The van der Waals surface area contributed by atoms with E-state index in [4.69, 9.17) is 25.8 Å². The van der Waals surface area contributed by atoms with E-state index >= 15 is 0 Å². The number of methoxy groups -OCH3 is 1. The number of thiazole rings is 1. The van der Waals surface area contributed by atoms with Gasteiger partial charge < -0.3 is 14.2 Å². The molecule has 3 aromatic rings. The molecule has 2 aromatic carbocycles. The van der Waals surface area contributed by atoms with Crippen molar-refractivity contribution in [2.45, 2.75) is 19.9 Å². The Balaban J connectivity index is 1.90. The quantitative estimate of drug-likeness (QED) is 0.466. The first kappa shape index (κ1) is 23.8. The molecule has 0 N–H and O–H groups in total. The summed E-state index contributed by atoms with van der Waals surface area (Å²) in [6.45, 7) is 4.68. The van der Waals surface area contributed by atoms with E-state index in [9.17, 15) is 9.59 Å². The van der Waals surface area contributed by atoms with Gasteiger partial charge in [0.1, 0.15) is 0 Å². The van der Waals surface area contributed by atoms with E-state index in [1.165, 1.54) is 29.2 Å². The van der Waals surface area contributed by atoms with E-state index in [1.807, 2.05) is 32.0 Å². The molecule has 176 valence electrons. The third-order valence-corrected chi connectivity index (χ3v) is 6.42. The standard InChI is InChI=1S/C25H23ClN2O5S/c1-4-32-19-11-8-16(13-20(19)33-5-2)22-18(24(30)31-3)14-27-25-28(22)23(29)21(34-25)12-15-6-9-17(26)10-7-15/h6-14,22H,4-5H2,1-3H3/b21-12-/t22-/m0/s1. The summed E-state index contributed by atoms with van der Waals surface area (Å²) in [7, 11) is 1.30. The number of fused-ring (bicyclic) bond motifs is 1. The molecule has 0 spiro atoms. The van der Waals surface area contributed by atoms with Gasteiger partial charge in [-0.05, 0) is 55.3 Å². The van der Waals surface area contributed by atoms with Gasteiger partial charge in [0.05, 0.1) is 36.5 Å². The first-order chi connectivity index (χ1) is 16.5. The number of halogens is 1. The molecule has 0 radical (unpaired) electrons. The highest BCUT2D eigenvalue weighted by Gasteiger charge is 2.31. The molecule has 1 aliphatic heterocycles. The van der Waals surface area contributed by atoms with Crippen LogP contribution in [0.25, 0.3) is 6.08 Å². The molecule has 1 aliphatic rings. The van der Waals surface area contributed by atoms with Crippen LogP contribution in [0.1, 0.15) is 31.0 Å². The number of carbonyl (C=O) groups is 1. The topological polar surface area (TPSA) is 79.1 Å². The number of esters is 1. The number of rotatable bonds is 7. The fourth-order valence-electron chi connectivity index (χ4n) is 3.70. The molecule has 1 atom stereocenters. The number of hydrogen-bond donors (Lipinski definition) is 0. The fourth-order valence-corrected chi connectivity index (χ4v) is 4.79. The minimum absolute atomic E-state index is 0.250. The molecule has 34 heavy (non-hydrogen) atoms. The van der Waals surface area contributed by atoms with Gasteiger partial charge in [0.15, 0.2) is 16.3 Å². The summed E-state index contributed by atoms with van der Waals surface area (Å²) in [5.41, 5.74) is 1.50. The fraction of sp³-hybridized carbons (Fsp3) is 0.240. The third kappa shape index (κ3) is 4.64. The highest BCUT2D eigenvalue weighted by Crippen LogP contribution is 2.35. The third-order valence-electron chi connectivity index (χ3n) is 5.18. The number of hydrogen-bond acceptors (Lipinski definition) is 7. The second-order valence-electron chi connectivity index (χ2n) is 7.30. The lowest BCUT2D eigenvalue weighted by Crippen LogP contribution is -2.39. The minimum Gasteiger partial charge on any atom is -0.490 e. The van der Waals surface area contributed by atoms with E-state index in [1.54, 1.807) is 30.3 Å². The maximum absolute atomic E-state index is 13.5. The molecule has 1 aromatic heterocycles. The van der Waals surface area contributed by atoms with Gasteiger partial charge in [-0.25, -0.2) is 9.79 Å². The van der Waals surface area contributed by atoms with Crippen molar-refractivity contribution in [1.29, 1.82) is 0 Å². The second kappa shape index (κ2) is 10.3. The van der Waals surface area contributed by atoms with Crippen molar-refractivity contribution < 1.29 is 19.0 Å². The molecule has 0 fully saturated rings. The summed E-state index contributed by atoms with van der Waals surface area (Å²) in [5.74, 6) is 0.561. The Kier molecular flexibility index (Phi) is 7.19.